The number of rotatable bonds is 13. The van der Waals surface area contributed by atoms with Crippen molar-refractivity contribution in [3.05, 3.63) is 231 Å². The Balaban J connectivity index is 0.796. The highest BCUT2D eigenvalue weighted by Crippen LogP contribution is 2.37. The zero-order valence-corrected chi connectivity index (χ0v) is 37.4. The molecule has 0 saturated carbocycles. The fourth-order valence-corrected chi connectivity index (χ4v) is 8.48. The van der Waals surface area contributed by atoms with E-state index in [2.05, 4.69) is 59.2 Å². The van der Waals surface area contributed by atoms with Gasteiger partial charge in [0.1, 0.15) is 34.6 Å². The van der Waals surface area contributed by atoms with Gasteiger partial charge in [-0.1, -0.05) is 170 Å². The van der Waals surface area contributed by atoms with Crippen LogP contribution in [0.1, 0.15) is 0 Å². The van der Waals surface area contributed by atoms with Gasteiger partial charge in [0.25, 0.3) is 0 Å². The number of nitrogens with one attached hydrogen (secondary N) is 2. The van der Waals surface area contributed by atoms with Gasteiger partial charge in [0, 0.05) is 45.1 Å². The molecule has 2 heterocycles. The quantitative estimate of drug-likeness (QED) is 0.116. The zero-order valence-electron chi connectivity index (χ0n) is 37.4. The number of benzene rings is 10. The summed E-state index contributed by atoms with van der Waals surface area (Å²) < 4.78 is 25.7. The van der Waals surface area contributed by atoms with Crippen LogP contribution in [0.4, 0.5) is 23.0 Å². The molecule has 0 aliphatic rings. The Morgan fingerprint density at radius 1 is 0.271 bits per heavy atom. The van der Waals surface area contributed by atoms with Crippen molar-refractivity contribution in [1.29, 1.82) is 0 Å². The lowest BCUT2D eigenvalue weighted by Crippen LogP contribution is -2.01. The Kier molecular flexibility index (Phi) is 11.0. The maximum Gasteiger partial charge on any atom is 0.327 e. The van der Waals surface area contributed by atoms with E-state index in [1.165, 1.54) is 0 Å². The van der Waals surface area contributed by atoms with E-state index < -0.39 is 0 Å². The van der Waals surface area contributed by atoms with E-state index in [1.807, 2.05) is 170 Å². The summed E-state index contributed by atoms with van der Waals surface area (Å²) in [7, 11) is 0. The summed E-state index contributed by atoms with van der Waals surface area (Å²) in [5.41, 5.74) is 3.69. The van der Waals surface area contributed by atoms with Crippen LogP contribution >= 0.6 is 0 Å². The number of hydrogen-bond donors (Lipinski definition) is 2. The Bertz CT molecular complexity index is 3390. The normalized spacial score (nSPS) is 11.1. The molecule has 0 atom stereocenters. The van der Waals surface area contributed by atoms with Crippen LogP contribution in [0.3, 0.4) is 0 Å². The second-order valence-corrected chi connectivity index (χ2v) is 16.5. The van der Waals surface area contributed by atoms with E-state index in [0.717, 1.165) is 65.6 Å². The van der Waals surface area contributed by atoms with Gasteiger partial charge in [-0.15, -0.1) is 0 Å². The van der Waals surface area contributed by atoms with Crippen LogP contribution in [-0.4, -0.2) is 19.9 Å². The van der Waals surface area contributed by atoms with Gasteiger partial charge in [0.15, 0.2) is 0 Å². The molecule has 0 unspecified atom stereocenters. The lowest BCUT2D eigenvalue weighted by Gasteiger charge is -2.14. The van der Waals surface area contributed by atoms with Crippen LogP contribution in [0.2, 0.25) is 0 Å². The average Bonchev–Trinajstić information content (AvgIpc) is 3.39. The summed E-state index contributed by atoms with van der Waals surface area (Å²) in [6.45, 7) is 0. The number of aromatic nitrogens is 4. The summed E-state index contributed by atoms with van der Waals surface area (Å²) >= 11 is 0. The minimum atomic E-state index is 0.144. The minimum Gasteiger partial charge on any atom is -0.438 e. The second kappa shape index (κ2) is 18.5. The largest absolute Gasteiger partial charge is 0.438 e. The molecule has 2 N–H and O–H groups in total. The zero-order chi connectivity index (χ0) is 46.6. The number of fused-ring (bicyclic) bond motifs is 4. The van der Waals surface area contributed by atoms with E-state index in [9.17, 15) is 0 Å². The number of hydrogen-bond acceptors (Lipinski definition) is 10. The van der Waals surface area contributed by atoms with E-state index in [1.54, 1.807) is 12.1 Å². The Labute approximate surface area is 402 Å². The van der Waals surface area contributed by atoms with Crippen LogP contribution < -0.4 is 29.6 Å². The number of nitrogens with zero attached hydrogens (tertiary/aromatic N) is 4. The second-order valence-electron chi connectivity index (χ2n) is 16.5. The minimum absolute atomic E-state index is 0.144. The smallest absolute Gasteiger partial charge is 0.327 e. The maximum absolute atomic E-state index is 6.45. The molecule has 0 fully saturated rings. The van der Waals surface area contributed by atoms with Gasteiger partial charge in [-0.05, 0) is 81.2 Å². The first kappa shape index (κ1) is 41.6. The third-order valence-electron chi connectivity index (χ3n) is 11.8. The molecule has 10 aromatic carbocycles. The summed E-state index contributed by atoms with van der Waals surface area (Å²) in [6, 6.07) is 76.1. The fourth-order valence-electron chi connectivity index (χ4n) is 8.48. The first-order chi connectivity index (χ1) is 34.6. The molecule has 0 aliphatic carbocycles. The van der Waals surface area contributed by atoms with Gasteiger partial charge >= 0.3 is 12.0 Å². The molecule has 12 aromatic rings. The fraction of sp³-hybridized carbons (Fsp3) is 0. The highest BCUT2D eigenvalue weighted by Gasteiger charge is 2.15. The molecule has 10 nitrogen and oxygen atoms in total. The van der Waals surface area contributed by atoms with Crippen LogP contribution in [0.5, 0.6) is 46.8 Å². The van der Waals surface area contributed by atoms with Crippen molar-refractivity contribution in [2.75, 3.05) is 10.6 Å². The average molecular weight is 909 g/mol. The van der Waals surface area contributed by atoms with Crippen molar-refractivity contribution >= 4 is 66.1 Å². The molecule has 0 spiro atoms. The van der Waals surface area contributed by atoms with Crippen LogP contribution in [0, 0.1) is 0 Å². The molecule has 0 amide bonds. The van der Waals surface area contributed by atoms with Crippen molar-refractivity contribution in [3.63, 3.8) is 0 Å². The number of ether oxygens (including phenoxy) is 4. The molecule has 0 saturated heterocycles. The Hall–Kier alpha value is -9.80. The molecule has 0 aliphatic heterocycles. The van der Waals surface area contributed by atoms with Gasteiger partial charge in [-0.25, -0.2) is 0 Å². The first-order valence-corrected chi connectivity index (χ1v) is 22.8. The van der Waals surface area contributed by atoms with Crippen LogP contribution in [0.25, 0.3) is 54.2 Å². The van der Waals surface area contributed by atoms with Gasteiger partial charge in [-0.2, -0.15) is 19.9 Å². The molecule has 0 radical (unpaired) electrons. The van der Waals surface area contributed by atoms with Crippen molar-refractivity contribution < 1.29 is 18.9 Å². The van der Waals surface area contributed by atoms with E-state index in [0.29, 0.717) is 46.4 Å². The maximum atomic E-state index is 6.45. The van der Waals surface area contributed by atoms with Crippen molar-refractivity contribution in [1.82, 2.24) is 19.9 Å². The molecule has 2 aromatic heterocycles. The Morgan fingerprint density at radius 3 is 0.914 bits per heavy atom. The van der Waals surface area contributed by atoms with E-state index in [4.69, 9.17) is 38.9 Å². The number of anilines is 4. The van der Waals surface area contributed by atoms with Crippen LogP contribution in [0.15, 0.2) is 231 Å². The van der Waals surface area contributed by atoms with E-state index >= 15 is 0 Å². The molecule has 334 valence electrons. The lowest BCUT2D eigenvalue weighted by atomic mass is 10.0. The monoisotopic (exact) mass is 908 g/mol. The first-order valence-electron chi connectivity index (χ1n) is 22.8. The predicted octanol–water partition coefficient (Wildman–Crippen LogP) is 16.2. The molecule has 12 rings (SSSR count). The molecular weight excluding hydrogens is 869 g/mol. The lowest BCUT2D eigenvalue weighted by molar-refractivity contribution is 0.416. The van der Waals surface area contributed by atoms with E-state index in [-0.39, 0.29) is 12.0 Å². The highest BCUT2D eigenvalue weighted by molar-refractivity contribution is 5.91. The highest BCUT2D eigenvalue weighted by atomic mass is 16.5. The molecular formula is C60H40N6O4. The third-order valence-corrected chi connectivity index (χ3v) is 11.8. The third kappa shape index (κ3) is 8.91. The van der Waals surface area contributed by atoms with Crippen LogP contribution in [-0.2, 0) is 0 Å². The summed E-state index contributed by atoms with van der Waals surface area (Å²) in [5, 5.41) is 15.0. The molecule has 70 heavy (non-hydrogen) atoms. The molecule has 10 heteroatoms. The Morgan fingerprint density at radius 2 is 0.571 bits per heavy atom. The van der Waals surface area contributed by atoms with Crippen molar-refractivity contribution in [2.24, 2.45) is 0 Å². The predicted molar refractivity (Wildman–Crippen MR) is 279 cm³/mol. The van der Waals surface area contributed by atoms with Crippen molar-refractivity contribution in [3.8, 4) is 57.9 Å². The molecule has 0 bridgehead atoms. The van der Waals surface area contributed by atoms with Gasteiger partial charge in [0.2, 0.25) is 11.8 Å². The topological polar surface area (TPSA) is 113 Å². The SMILES string of the molecule is c1ccc2c(Oc3cc(Nc4ccc(-c5ccc(Nc6cc(Oc7cccc8ccccc78)nc(Oc7cccc8ccccc78)n6)cc5)cc4)nc(Oc4cccc5ccccc45)n3)cccc2c1. The summed E-state index contributed by atoms with van der Waals surface area (Å²) in [4.78, 5) is 19.0. The van der Waals surface area contributed by atoms with Gasteiger partial charge in [-0.3, -0.25) is 0 Å². The van der Waals surface area contributed by atoms with Gasteiger partial charge < -0.3 is 29.6 Å². The summed E-state index contributed by atoms with van der Waals surface area (Å²) in [6.07, 6.45) is 0. The van der Waals surface area contributed by atoms with Crippen molar-refractivity contribution in [2.45, 2.75) is 0 Å². The summed E-state index contributed by atoms with van der Waals surface area (Å²) in [5.74, 6) is 4.30. The van der Waals surface area contributed by atoms with Gasteiger partial charge in [0.05, 0.1) is 0 Å². The standard InChI is InChI=1S/C60H40N6O4/c1-5-21-47-41(13-1)17-9-25-51(47)67-57-37-55(63-59(65-57)69-53-27-11-19-43-15-3-7-23-49(43)53)61-45-33-29-39(30-34-45)40-31-35-46(36-32-40)62-56-38-58(68-52-26-10-18-42-14-2-6-22-48(42)52)66-60(64-56)70-54-28-12-20-44-16-4-8-24-50(44)54/h1-38H,(H,61,63,65)(H,62,64,66).